The Kier molecular flexibility index (Phi) is 10.1. The van der Waals surface area contributed by atoms with Crippen molar-refractivity contribution in [2.45, 2.75) is 103 Å². The number of esters is 2. The van der Waals surface area contributed by atoms with E-state index >= 15 is 0 Å². The van der Waals surface area contributed by atoms with Crippen molar-refractivity contribution in [1.82, 2.24) is 19.8 Å². The number of aromatic nitrogens is 2. The Bertz CT molecular complexity index is 2210. The minimum Gasteiger partial charge on any atom is -0.458 e. The van der Waals surface area contributed by atoms with Crippen molar-refractivity contribution in [3.63, 3.8) is 0 Å². The number of fused-ring (bicyclic) bond motifs is 5. The Morgan fingerprint density at radius 1 is 0.929 bits per heavy atom. The van der Waals surface area contributed by atoms with E-state index in [1.807, 2.05) is 26.0 Å². The fraction of sp³-hybridized carbons (Fsp3) is 0.512. The predicted molar refractivity (Wildman–Crippen MR) is 204 cm³/mol. The van der Waals surface area contributed by atoms with E-state index in [-0.39, 0.29) is 71.5 Å². The molecule has 0 spiro atoms. The minimum atomic E-state index is -1.89. The number of pyridine rings is 2. The number of aryl methyl sites for hydroxylation is 1. The van der Waals surface area contributed by atoms with Gasteiger partial charge in [0.25, 0.3) is 17.4 Å². The zero-order valence-electron chi connectivity index (χ0n) is 31.9. The zero-order chi connectivity index (χ0) is 39.3. The number of carbonyl (C=O) groups excluding carboxylic acids is 5. The first-order valence-electron chi connectivity index (χ1n) is 20.1. The second-order valence-electron chi connectivity index (χ2n) is 16.2. The molecule has 56 heavy (non-hydrogen) atoms. The Hall–Kier alpha value is -5.17. The van der Waals surface area contributed by atoms with Gasteiger partial charge in [-0.15, -0.1) is 0 Å². The highest BCUT2D eigenvalue weighted by Gasteiger charge is 2.46. The normalized spacial score (nSPS) is 25.5. The quantitative estimate of drug-likeness (QED) is 0.132. The van der Waals surface area contributed by atoms with Gasteiger partial charge in [0.1, 0.15) is 12.4 Å². The van der Waals surface area contributed by atoms with Crippen LogP contribution in [-0.2, 0) is 53.9 Å². The third-order valence-corrected chi connectivity index (χ3v) is 12.8. The summed E-state index contributed by atoms with van der Waals surface area (Å²) in [4.78, 5) is 82.9. The van der Waals surface area contributed by atoms with E-state index in [0.29, 0.717) is 73.5 Å². The molecule has 2 aliphatic carbocycles. The van der Waals surface area contributed by atoms with Crippen molar-refractivity contribution in [1.29, 1.82) is 0 Å². The fourth-order valence-electron chi connectivity index (χ4n) is 9.54. The number of aliphatic hydroxyl groups is 1. The molecule has 2 fully saturated rings. The lowest BCUT2D eigenvalue weighted by molar-refractivity contribution is -0.172. The second kappa shape index (κ2) is 15.1. The molecular weight excluding hydrogens is 716 g/mol. The van der Waals surface area contributed by atoms with Gasteiger partial charge < -0.3 is 24.5 Å². The Labute approximate surface area is 324 Å². The van der Waals surface area contributed by atoms with Crippen LogP contribution in [0.5, 0.6) is 5.75 Å². The van der Waals surface area contributed by atoms with Crippen LogP contribution in [0.15, 0.2) is 41.2 Å². The third-order valence-electron chi connectivity index (χ3n) is 12.8. The van der Waals surface area contributed by atoms with Gasteiger partial charge in [0.05, 0.1) is 34.9 Å². The van der Waals surface area contributed by atoms with Crippen LogP contribution >= 0.6 is 0 Å². The molecule has 1 aromatic carbocycles. The SMILES string of the molecule is CCCC1(O)C(=O)OCc2c1cc1n(c2=O)Cc2c-1nc1ccc(OC(=O)C3CCC(CNC(=O)C4CCC(CN5C(=O)C=CC5=O)CC4)CC3)cc1c2CC. The van der Waals surface area contributed by atoms with E-state index in [4.69, 9.17) is 14.5 Å². The van der Waals surface area contributed by atoms with Gasteiger partial charge in [-0.2, -0.15) is 0 Å². The molecule has 2 saturated carbocycles. The highest BCUT2D eigenvalue weighted by molar-refractivity contribution is 6.12. The number of nitrogens with one attached hydrogen (secondary N) is 1. The summed E-state index contributed by atoms with van der Waals surface area (Å²) in [5.41, 5.74) is 2.15. The van der Waals surface area contributed by atoms with Gasteiger partial charge in [-0.05, 0) is 106 Å². The summed E-state index contributed by atoms with van der Waals surface area (Å²) < 4.78 is 12.9. The van der Waals surface area contributed by atoms with Crippen LogP contribution in [0.1, 0.15) is 100 Å². The van der Waals surface area contributed by atoms with Gasteiger partial charge in [0, 0.05) is 47.7 Å². The van der Waals surface area contributed by atoms with E-state index < -0.39 is 11.6 Å². The van der Waals surface area contributed by atoms with Crippen molar-refractivity contribution >= 4 is 40.6 Å². The molecule has 1 atom stereocenters. The number of ether oxygens (including phenoxy) is 2. The molecule has 0 saturated heterocycles. The largest absolute Gasteiger partial charge is 0.458 e. The molecule has 13 heteroatoms. The summed E-state index contributed by atoms with van der Waals surface area (Å²) in [5, 5.41) is 15.4. The maximum atomic E-state index is 13.8. The molecular formula is C43H48N4O9. The first-order valence-corrected chi connectivity index (χ1v) is 20.1. The molecule has 8 rings (SSSR count). The van der Waals surface area contributed by atoms with Crippen LogP contribution in [0.4, 0.5) is 0 Å². The molecule has 2 N–H and O–H groups in total. The van der Waals surface area contributed by atoms with E-state index in [1.165, 1.54) is 17.1 Å². The van der Waals surface area contributed by atoms with Gasteiger partial charge >= 0.3 is 11.9 Å². The fourth-order valence-corrected chi connectivity index (χ4v) is 9.54. The summed E-state index contributed by atoms with van der Waals surface area (Å²) in [6, 6.07) is 7.13. The number of amides is 3. The van der Waals surface area contributed by atoms with Gasteiger partial charge in [-0.25, -0.2) is 9.78 Å². The van der Waals surface area contributed by atoms with E-state index in [0.717, 1.165) is 55.0 Å². The summed E-state index contributed by atoms with van der Waals surface area (Å²) >= 11 is 0. The first-order chi connectivity index (χ1) is 27.0. The molecule has 3 aliphatic heterocycles. The minimum absolute atomic E-state index is 0.0585. The average Bonchev–Trinajstić information content (AvgIpc) is 3.73. The van der Waals surface area contributed by atoms with E-state index in [9.17, 15) is 33.9 Å². The number of hydrogen-bond acceptors (Lipinski definition) is 10. The summed E-state index contributed by atoms with van der Waals surface area (Å²) in [6.07, 6.45) is 10.00. The van der Waals surface area contributed by atoms with Crippen LogP contribution in [-0.4, -0.2) is 62.3 Å². The van der Waals surface area contributed by atoms with Crippen molar-refractivity contribution in [2.75, 3.05) is 13.1 Å². The summed E-state index contributed by atoms with van der Waals surface area (Å²) in [6.45, 7) is 4.99. The number of imide groups is 1. The average molecular weight is 765 g/mol. The number of cyclic esters (lactones) is 1. The Morgan fingerprint density at radius 2 is 1.62 bits per heavy atom. The smallest absolute Gasteiger partial charge is 0.343 e. The second-order valence-corrected chi connectivity index (χ2v) is 16.2. The lowest BCUT2D eigenvalue weighted by Crippen LogP contribution is -2.44. The van der Waals surface area contributed by atoms with Crippen LogP contribution in [0.3, 0.4) is 0 Å². The Morgan fingerprint density at radius 3 is 2.32 bits per heavy atom. The number of benzene rings is 1. The standard InChI is InChI=1S/C43H48N4O9/c1-3-17-43(54)33-19-35-38-31(22-46(35)40(51)32(33)23-55-42(43)53)29(4-2)30-18-28(13-14-34(30)45-38)56-41(52)27-11-5-24(6-12-27)20-44-39(50)26-9-7-25(8-10-26)21-47-36(48)15-16-37(47)49/h13-16,18-19,24-27,54H,3-12,17,20-23H2,1-2H3,(H,44,50). The van der Waals surface area contributed by atoms with Gasteiger partial charge in [-0.3, -0.25) is 28.9 Å². The molecule has 3 aromatic rings. The molecule has 5 aliphatic rings. The molecule has 13 nitrogen and oxygen atoms in total. The number of rotatable bonds is 10. The number of nitrogens with zero attached hydrogens (tertiary/aromatic N) is 3. The van der Waals surface area contributed by atoms with Crippen molar-refractivity contribution in [2.24, 2.45) is 23.7 Å². The van der Waals surface area contributed by atoms with Crippen LogP contribution in [0.25, 0.3) is 22.3 Å². The highest BCUT2D eigenvalue weighted by Crippen LogP contribution is 2.41. The lowest BCUT2D eigenvalue weighted by Gasteiger charge is -2.32. The van der Waals surface area contributed by atoms with E-state index in [1.54, 1.807) is 16.7 Å². The molecule has 0 bridgehead atoms. The lowest BCUT2D eigenvalue weighted by atomic mass is 9.80. The maximum absolute atomic E-state index is 13.8. The number of carbonyl (C=O) groups is 5. The highest BCUT2D eigenvalue weighted by atomic mass is 16.6. The van der Waals surface area contributed by atoms with Crippen molar-refractivity contribution in [3.05, 3.63) is 69.0 Å². The van der Waals surface area contributed by atoms with Crippen molar-refractivity contribution < 1.29 is 38.6 Å². The van der Waals surface area contributed by atoms with Crippen LogP contribution < -0.4 is 15.6 Å². The predicted octanol–water partition coefficient (Wildman–Crippen LogP) is 4.59. The molecule has 3 amide bonds. The molecule has 2 aromatic heterocycles. The summed E-state index contributed by atoms with van der Waals surface area (Å²) in [5.74, 6) is -0.839. The zero-order valence-corrected chi connectivity index (χ0v) is 31.9. The molecule has 5 heterocycles. The monoisotopic (exact) mass is 764 g/mol. The third kappa shape index (κ3) is 6.73. The molecule has 0 radical (unpaired) electrons. The van der Waals surface area contributed by atoms with Gasteiger partial charge in [0.2, 0.25) is 5.91 Å². The topological polar surface area (TPSA) is 174 Å². The molecule has 294 valence electrons. The maximum Gasteiger partial charge on any atom is 0.343 e. The Balaban J connectivity index is 0.873. The van der Waals surface area contributed by atoms with Crippen LogP contribution in [0, 0.1) is 23.7 Å². The number of hydrogen-bond donors (Lipinski definition) is 2. The van der Waals surface area contributed by atoms with Gasteiger partial charge in [-0.1, -0.05) is 20.3 Å². The van der Waals surface area contributed by atoms with E-state index in [2.05, 4.69) is 5.32 Å². The molecule has 1 unspecified atom stereocenters. The van der Waals surface area contributed by atoms with Crippen molar-refractivity contribution in [3.8, 4) is 17.1 Å². The van der Waals surface area contributed by atoms with Gasteiger partial charge in [0.15, 0.2) is 5.60 Å². The first kappa shape index (κ1) is 37.7. The van der Waals surface area contributed by atoms with Crippen LogP contribution in [0.2, 0.25) is 0 Å². The summed E-state index contributed by atoms with van der Waals surface area (Å²) in [7, 11) is 0.